The highest BCUT2D eigenvalue weighted by atomic mass is 16.5. The average molecular weight is 313 g/mol. The molecule has 0 spiro atoms. The summed E-state index contributed by atoms with van der Waals surface area (Å²) in [6, 6.07) is 7.83. The van der Waals surface area contributed by atoms with Gasteiger partial charge in [-0.3, -0.25) is 4.79 Å². The van der Waals surface area contributed by atoms with Crippen LogP contribution in [0.3, 0.4) is 0 Å². The van der Waals surface area contributed by atoms with E-state index >= 15 is 0 Å². The molecule has 122 valence electrons. The molecule has 3 fully saturated rings. The first-order valence-corrected chi connectivity index (χ1v) is 8.39. The van der Waals surface area contributed by atoms with Gasteiger partial charge in [-0.25, -0.2) is 4.98 Å². The summed E-state index contributed by atoms with van der Waals surface area (Å²) in [6.07, 6.45) is 4.91. The van der Waals surface area contributed by atoms with Gasteiger partial charge in [-0.2, -0.15) is 0 Å². The Morgan fingerprint density at radius 2 is 2.00 bits per heavy atom. The zero-order valence-corrected chi connectivity index (χ0v) is 13.5. The van der Waals surface area contributed by atoms with Crippen LogP contribution >= 0.6 is 0 Å². The number of aromatic nitrogens is 2. The third kappa shape index (κ3) is 2.48. The van der Waals surface area contributed by atoms with Gasteiger partial charge in [0.2, 0.25) is 0 Å². The lowest BCUT2D eigenvalue weighted by Gasteiger charge is -2.51. The van der Waals surface area contributed by atoms with Crippen LogP contribution in [-0.2, 0) is 11.3 Å². The number of benzene rings is 1. The van der Waals surface area contributed by atoms with Gasteiger partial charge in [-0.1, -0.05) is 12.1 Å². The fraction of sp³-hybridized carbons (Fsp3) is 0.556. The second kappa shape index (κ2) is 5.14. The predicted molar refractivity (Wildman–Crippen MR) is 89.4 cm³/mol. The van der Waals surface area contributed by atoms with Crippen LogP contribution in [0.15, 0.2) is 29.1 Å². The quantitative estimate of drug-likeness (QED) is 0.942. The fourth-order valence-corrected chi connectivity index (χ4v) is 3.97. The Hall–Kier alpha value is -1.72. The minimum absolute atomic E-state index is 0.000101. The number of hydrogen-bond donors (Lipinski definition) is 1. The average Bonchev–Trinajstić information content (AvgIpc) is 2.57. The number of aryl methyl sites for hydroxylation is 2. The van der Waals surface area contributed by atoms with E-state index in [0.29, 0.717) is 18.8 Å². The number of para-hydroxylation sites is 2. The third-order valence-electron chi connectivity index (χ3n) is 5.63. The highest BCUT2D eigenvalue weighted by Gasteiger charge is 2.47. The van der Waals surface area contributed by atoms with E-state index in [1.807, 2.05) is 28.8 Å². The van der Waals surface area contributed by atoms with E-state index in [1.165, 1.54) is 0 Å². The van der Waals surface area contributed by atoms with Crippen molar-refractivity contribution in [3.05, 3.63) is 40.3 Å². The summed E-state index contributed by atoms with van der Waals surface area (Å²) in [4.78, 5) is 17.0. The predicted octanol–water partition coefficient (Wildman–Crippen LogP) is 2.14. The van der Waals surface area contributed by atoms with Gasteiger partial charge in [0.05, 0.1) is 23.2 Å². The summed E-state index contributed by atoms with van der Waals surface area (Å²) in [5.41, 5.74) is 8.41. The molecule has 0 unspecified atom stereocenters. The number of ether oxygens (including phenoxy) is 1. The zero-order valence-electron chi connectivity index (χ0n) is 13.5. The van der Waals surface area contributed by atoms with Crippen LogP contribution in [-0.4, -0.2) is 27.3 Å². The van der Waals surface area contributed by atoms with Gasteiger partial charge >= 0.3 is 0 Å². The molecule has 5 nitrogen and oxygen atoms in total. The maximum absolute atomic E-state index is 12.5. The molecule has 3 aliphatic rings. The lowest BCUT2D eigenvalue weighted by molar-refractivity contribution is -0.157. The Morgan fingerprint density at radius 3 is 2.70 bits per heavy atom. The summed E-state index contributed by atoms with van der Waals surface area (Å²) in [5, 5.41) is 0. The lowest BCUT2D eigenvalue weighted by atomic mass is 9.70. The third-order valence-corrected chi connectivity index (χ3v) is 5.63. The maximum Gasteiger partial charge on any atom is 0.272 e. The summed E-state index contributed by atoms with van der Waals surface area (Å²) < 4.78 is 7.97. The number of nitrogens with two attached hydrogens (primary N) is 1. The first-order valence-electron chi connectivity index (χ1n) is 8.39. The van der Waals surface area contributed by atoms with Gasteiger partial charge in [0.15, 0.2) is 0 Å². The minimum atomic E-state index is -0.113. The monoisotopic (exact) mass is 313 g/mol. The molecule has 0 atom stereocenters. The normalized spacial score (nSPS) is 30.0. The highest BCUT2D eigenvalue weighted by molar-refractivity contribution is 5.74. The molecular formula is C18H23N3O2. The molecular weight excluding hydrogens is 290 g/mol. The van der Waals surface area contributed by atoms with Crippen molar-refractivity contribution >= 4 is 11.0 Å². The molecule has 2 aromatic rings. The summed E-state index contributed by atoms with van der Waals surface area (Å²) >= 11 is 0. The Balaban J connectivity index is 1.64. The molecule has 5 rings (SSSR count). The second-order valence-electron chi connectivity index (χ2n) is 7.23. The molecule has 1 saturated carbocycles. The van der Waals surface area contributed by atoms with Gasteiger partial charge < -0.3 is 15.0 Å². The Morgan fingerprint density at radius 1 is 1.26 bits per heavy atom. The number of hydrogen-bond acceptors (Lipinski definition) is 4. The van der Waals surface area contributed by atoms with Crippen LogP contribution in [0.1, 0.15) is 37.8 Å². The van der Waals surface area contributed by atoms with Crippen LogP contribution in [0, 0.1) is 6.92 Å². The van der Waals surface area contributed by atoms with Gasteiger partial charge in [0.25, 0.3) is 5.56 Å². The van der Waals surface area contributed by atoms with Gasteiger partial charge in [-0.15, -0.1) is 0 Å². The molecule has 23 heavy (non-hydrogen) atoms. The molecule has 1 aliphatic carbocycles. The standard InChI is InChI=1S/C18H23N3O2/c1-13-16(22)21(15-5-3-2-4-14(15)20-13)11-10-18-8-6-17(19,7-9-18)12-23-18/h2-5H,6-12,19H2,1H3. The van der Waals surface area contributed by atoms with Crippen molar-refractivity contribution in [2.45, 2.75) is 56.7 Å². The van der Waals surface area contributed by atoms with Crippen molar-refractivity contribution in [2.75, 3.05) is 6.61 Å². The molecule has 2 bridgehead atoms. The summed E-state index contributed by atoms with van der Waals surface area (Å²) in [5.74, 6) is 0. The van der Waals surface area contributed by atoms with Crippen molar-refractivity contribution in [1.82, 2.24) is 9.55 Å². The molecule has 1 aromatic carbocycles. The molecule has 5 heteroatoms. The minimum Gasteiger partial charge on any atom is -0.373 e. The summed E-state index contributed by atoms with van der Waals surface area (Å²) in [6.45, 7) is 3.10. The number of rotatable bonds is 3. The second-order valence-corrected chi connectivity index (χ2v) is 7.23. The first-order chi connectivity index (χ1) is 11.0. The van der Waals surface area contributed by atoms with E-state index in [1.54, 1.807) is 6.92 Å². The molecule has 2 aliphatic heterocycles. The molecule has 0 radical (unpaired) electrons. The van der Waals surface area contributed by atoms with Crippen molar-refractivity contribution in [3.63, 3.8) is 0 Å². The molecule has 3 heterocycles. The molecule has 1 aromatic heterocycles. The van der Waals surface area contributed by atoms with Crippen molar-refractivity contribution in [3.8, 4) is 0 Å². The van der Waals surface area contributed by atoms with E-state index in [4.69, 9.17) is 10.5 Å². The SMILES string of the molecule is Cc1nc2ccccc2n(CCC23CCC(N)(CC2)CO3)c1=O. The van der Waals surface area contributed by atoms with Gasteiger partial charge in [0.1, 0.15) is 5.69 Å². The van der Waals surface area contributed by atoms with Crippen LogP contribution < -0.4 is 11.3 Å². The van der Waals surface area contributed by atoms with E-state index in [9.17, 15) is 4.79 Å². The van der Waals surface area contributed by atoms with Gasteiger partial charge in [-0.05, 0) is 51.2 Å². The fourth-order valence-electron chi connectivity index (χ4n) is 3.97. The van der Waals surface area contributed by atoms with Crippen LogP contribution in [0.2, 0.25) is 0 Å². The maximum atomic E-state index is 12.5. The Kier molecular flexibility index (Phi) is 3.32. The largest absolute Gasteiger partial charge is 0.373 e. The van der Waals surface area contributed by atoms with Gasteiger partial charge in [0, 0.05) is 12.1 Å². The molecule has 2 saturated heterocycles. The number of nitrogens with zero attached hydrogens (tertiary/aromatic N) is 2. The van der Waals surface area contributed by atoms with Crippen LogP contribution in [0.4, 0.5) is 0 Å². The smallest absolute Gasteiger partial charge is 0.272 e. The van der Waals surface area contributed by atoms with Crippen molar-refractivity contribution < 1.29 is 4.74 Å². The topological polar surface area (TPSA) is 70.1 Å². The van der Waals surface area contributed by atoms with E-state index < -0.39 is 0 Å². The van der Waals surface area contributed by atoms with Crippen molar-refractivity contribution in [1.29, 1.82) is 0 Å². The van der Waals surface area contributed by atoms with E-state index in [-0.39, 0.29) is 16.7 Å². The first kappa shape index (κ1) is 14.8. The zero-order chi connectivity index (χ0) is 16.1. The highest BCUT2D eigenvalue weighted by Crippen LogP contribution is 2.44. The lowest BCUT2D eigenvalue weighted by Crippen LogP contribution is -2.59. The molecule has 2 N–H and O–H groups in total. The Bertz CT molecular complexity index is 787. The number of fused-ring (bicyclic) bond motifs is 4. The van der Waals surface area contributed by atoms with Crippen LogP contribution in [0.5, 0.6) is 0 Å². The van der Waals surface area contributed by atoms with Crippen molar-refractivity contribution in [2.24, 2.45) is 5.73 Å². The molecule has 0 amide bonds. The Labute approximate surface area is 135 Å². The summed E-state index contributed by atoms with van der Waals surface area (Å²) in [7, 11) is 0. The van der Waals surface area contributed by atoms with E-state index in [0.717, 1.165) is 43.1 Å². The van der Waals surface area contributed by atoms with Crippen LogP contribution in [0.25, 0.3) is 11.0 Å². The van der Waals surface area contributed by atoms with E-state index in [2.05, 4.69) is 4.98 Å².